The van der Waals surface area contributed by atoms with Crippen LogP contribution in [0, 0.1) is 0 Å². The van der Waals surface area contributed by atoms with Crippen LogP contribution in [-0.2, 0) is 27.1 Å². The van der Waals surface area contributed by atoms with Crippen molar-refractivity contribution in [1.29, 1.82) is 0 Å². The zero-order valence-electron chi connectivity index (χ0n) is 15.9. The molecule has 5 nitrogen and oxygen atoms in total. The third-order valence-electron chi connectivity index (χ3n) is 4.22. The summed E-state index contributed by atoms with van der Waals surface area (Å²) >= 11 is 0. The van der Waals surface area contributed by atoms with Gasteiger partial charge in [0.1, 0.15) is 22.5 Å². The summed E-state index contributed by atoms with van der Waals surface area (Å²) in [6.45, 7) is 0.105. The van der Waals surface area contributed by atoms with Gasteiger partial charge in [0.25, 0.3) is 0 Å². The Kier molecular flexibility index (Phi) is 6.61. The summed E-state index contributed by atoms with van der Waals surface area (Å²) in [5, 5.41) is 1.91. The lowest BCUT2D eigenvalue weighted by atomic mass is 10.1. The maximum atomic E-state index is 12.9. The number of nitrogens with zero attached hydrogens (tertiary/aromatic N) is 1. The summed E-state index contributed by atoms with van der Waals surface area (Å²) in [4.78, 5) is 11.6. The maximum Gasteiger partial charge on any atom is 0.573 e. The van der Waals surface area contributed by atoms with Gasteiger partial charge in [0.05, 0.1) is 19.3 Å². The summed E-state index contributed by atoms with van der Waals surface area (Å²) in [6.07, 6.45) is -4.78. The van der Waals surface area contributed by atoms with Crippen molar-refractivity contribution in [3.05, 3.63) is 72.3 Å². The molecular formula is C21H18F3NO4S. The molecule has 0 saturated carbocycles. The first-order chi connectivity index (χ1) is 14.2. The van der Waals surface area contributed by atoms with Crippen molar-refractivity contribution >= 4 is 33.4 Å². The van der Waals surface area contributed by atoms with E-state index in [1.807, 2.05) is 36.4 Å². The molecule has 1 unspecified atom stereocenters. The van der Waals surface area contributed by atoms with Gasteiger partial charge in [-0.05, 0) is 40.6 Å². The fraction of sp³-hybridized carbons (Fsp3) is 0.190. The fourth-order valence-electron chi connectivity index (χ4n) is 2.81. The molecule has 0 heterocycles. The predicted octanol–water partition coefficient (Wildman–Crippen LogP) is 4.58. The highest BCUT2D eigenvalue weighted by atomic mass is 32.2. The first kappa shape index (κ1) is 21.6. The number of rotatable bonds is 7. The molecule has 0 aliphatic rings. The SMILES string of the molecule is COC(=O)CS(=O)N(Cc1ccc(OC(F)(F)F)cc1)c1ccc2ccccc2c1. The Hall–Kier alpha value is -3.07. The third kappa shape index (κ3) is 5.73. The number of alkyl halides is 3. The summed E-state index contributed by atoms with van der Waals surface area (Å²) in [5.74, 6) is -1.33. The smallest absolute Gasteiger partial charge is 0.468 e. The third-order valence-corrected chi connectivity index (χ3v) is 5.53. The maximum absolute atomic E-state index is 12.9. The van der Waals surface area contributed by atoms with Gasteiger partial charge in [-0.3, -0.25) is 9.10 Å². The number of anilines is 1. The number of ether oxygens (including phenoxy) is 2. The average molecular weight is 437 g/mol. The van der Waals surface area contributed by atoms with Crippen molar-refractivity contribution in [3.8, 4) is 5.75 Å². The molecule has 3 rings (SSSR count). The molecule has 0 aliphatic carbocycles. The Balaban J connectivity index is 1.89. The van der Waals surface area contributed by atoms with E-state index in [9.17, 15) is 22.2 Å². The summed E-state index contributed by atoms with van der Waals surface area (Å²) < 4.78 is 59.9. The lowest BCUT2D eigenvalue weighted by Crippen LogP contribution is -2.30. The fourth-order valence-corrected chi connectivity index (χ4v) is 3.93. The minimum atomic E-state index is -4.78. The molecule has 0 N–H and O–H groups in total. The van der Waals surface area contributed by atoms with Crippen molar-refractivity contribution in [3.63, 3.8) is 0 Å². The number of carbonyl (C=O) groups is 1. The highest BCUT2D eigenvalue weighted by molar-refractivity contribution is 7.87. The van der Waals surface area contributed by atoms with Crippen LogP contribution in [0.2, 0.25) is 0 Å². The monoisotopic (exact) mass is 437 g/mol. The number of esters is 1. The number of methoxy groups -OCH3 is 1. The average Bonchev–Trinajstić information content (AvgIpc) is 2.71. The van der Waals surface area contributed by atoms with E-state index < -0.39 is 23.3 Å². The van der Waals surface area contributed by atoms with Crippen LogP contribution in [0.1, 0.15) is 5.56 Å². The van der Waals surface area contributed by atoms with Crippen LogP contribution in [0.25, 0.3) is 10.8 Å². The Morgan fingerprint density at radius 2 is 1.67 bits per heavy atom. The van der Waals surface area contributed by atoms with Crippen molar-refractivity contribution in [1.82, 2.24) is 0 Å². The number of fused-ring (bicyclic) bond motifs is 1. The summed E-state index contributed by atoms with van der Waals surface area (Å²) in [6, 6.07) is 18.4. The van der Waals surface area contributed by atoms with Gasteiger partial charge < -0.3 is 9.47 Å². The minimum Gasteiger partial charge on any atom is -0.468 e. The molecule has 30 heavy (non-hydrogen) atoms. The topological polar surface area (TPSA) is 55.8 Å². The van der Waals surface area contributed by atoms with Gasteiger partial charge in [0.15, 0.2) is 0 Å². The zero-order valence-corrected chi connectivity index (χ0v) is 16.7. The van der Waals surface area contributed by atoms with Crippen LogP contribution >= 0.6 is 0 Å². The van der Waals surface area contributed by atoms with Crippen LogP contribution in [0.5, 0.6) is 5.75 Å². The molecule has 1 atom stereocenters. The number of hydrogen-bond acceptors (Lipinski definition) is 4. The van der Waals surface area contributed by atoms with Gasteiger partial charge in [-0.1, -0.05) is 42.5 Å². The zero-order chi connectivity index (χ0) is 21.7. The van der Waals surface area contributed by atoms with E-state index in [2.05, 4.69) is 9.47 Å². The van der Waals surface area contributed by atoms with Gasteiger partial charge in [0, 0.05) is 0 Å². The highest BCUT2D eigenvalue weighted by Crippen LogP contribution is 2.27. The molecule has 9 heteroatoms. The normalized spacial score (nSPS) is 12.4. The van der Waals surface area contributed by atoms with Crippen LogP contribution < -0.4 is 9.04 Å². The molecule has 3 aromatic carbocycles. The molecule has 3 aromatic rings. The van der Waals surface area contributed by atoms with Crippen LogP contribution in [-0.4, -0.2) is 29.4 Å². The van der Waals surface area contributed by atoms with Gasteiger partial charge in [0.2, 0.25) is 0 Å². The van der Waals surface area contributed by atoms with E-state index in [0.717, 1.165) is 10.8 Å². The lowest BCUT2D eigenvalue weighted by molar-refractivity contribution is -0.274. The second kappa shape index (κ2) is 9.17. The van der Waals surface area contributed by atoms with E-state index in [1.54, 1.807) is 6.07 Å². The van der Waals surface area contributed by atoms with Crippen LogP contribution in [0.4, 0.5) is 18.9 Å². The van der Waals surface area contributed by atoms with Gasteiger partial charge >= 0.3 is 12.3 Å². The van der Waals surface area contributed by atoms with Crippen molar-refractivity contribution in [2.45, 2.75) is 12.9 Å². The Labute approximate surface area is 173 Å². The van der Waals surface area contributed by atoms with E-state index in [4.69, 9.17) is 0 Å². The molecule has 0 aliphatic heterocycles. The number of benzene rings is 3. The summed E-state index contributed by atoms with van der Waals surface area (Å²) in [7, 11) is -0.548. The molecule has 0 spiro atoms. The van der Waals surface area contributed by atoms with Crippen molar-refractivity contribution in [2.75, 3.05) is 17.2 Å². The number of halogens is 3. The number of hydrogen-bond donors (Lipinski definition) is 0. The predicted molar refractivity (Wildman–Crippen MR) is 108 cm³/mol. The van der Waals surface area contributed by atoms with Gasteiger partial charge in [-0.15, -0.1) is 13.2 Å². The first-order valence-corrected chi connectivity index (χ1v) is 10.1. The molecular weight excluding hydrogens is 419 g/mol. The Morgan fingerprint density at radius 3 is 2.30 bits per heavy atom. The van der Waals surface area contributed by atoms with E-state index in [-0.39, 0.29) is 18.0 Å². The first-order valence-electron chi connectivity index (χ1n) is 8.81. The molecule has 0 radical (unpaired) electrons. The quantitative estimate of drug-likeness (QED) is 0.508. The molecule has 158 valence electrons. The molecule has 0 amide bonds. The molecule has 0 fully saturated rings. The minimum absolute atomic E-state index is 0.105. The van der Waals surface area contributed by atoms with Gasteiger partial charge in [-0.25, -0.2) is 4.21 Å². The molecule has 0 bridgehead atoms. The largest absolute Gasteiger partial charge is 0.573 e. The standard InChI is InChI=1S/C21H18F3NO4S/c1-28-20(26)14-30(27)25(18-9-8-16-4-2-3-5-17(16)12-18)13-15-6-10-19(11-7-15)29-21(22,23)24/h2-12H,13-14H2,1H3. The van der Waals surface area contributed by atoms with Crippen LogP contribution in [0.15, 0.2) is 66.7 Å². The van der Waals surface area contributed by atoms with E-state index in [0.29, 0.717) is 11.3 Å². The number of carbonyl (C=O) groups excluding carboxylic acids is 1. The molecule has 0 saturated heterocycles. The highest BCUT2D eigenvalue weighted by Gasteiger charge is 2.31. The van der Waals surface area contributed by atoms with E-state index >= 15 is 0 Å². The Bertz CT molecular complexity index is 1050. The van der Waals surface area contributed by atoms with E-state index in [1.165, 1.54) is 35.7 Å². The van der Waals surface area contributed by atoms with Crippen molar-refractivity contribution < 1.29 is 31.6 Å². The van der Waals surface area contributed by atoms with Crippen LogP contribution in [0.3, 0.4) is 0 Å². The summed E-state index contributed by atoms with van der Waals surface area (Å²) in [5.41, 5.74) is 1.20. The second-order valence-electron chi connectivity index (χ2n) is 6.30. The van der Waals surface area contributed by atoms with Gasteiger partial charge in [-0.2, -0.15) is 0 Å². The lowest BCUT2D eigenvalue weighted by Gasteiger charge is -2.24. The second-order valence-corrected chi connectivity index (χ2v) is 7.67. The molecule has 0 aromatic heterocycles. The van der Waals surface area contributed by atoms with Crippen molar-refractivity contribution in [2.24, 2.45) is 0 Å². The Morgan fingerprint density at radius 1 is 1.00 bits per heavy atom.